The van der Waals surface area contributed by atoms with Crippen molar-refractivity contribution in [3.63, 3.8) is 0 Å². The van der Waals surface area contributed by atoms with E-state index in [-0.39, 0.29) is 5.60 Å². The van der Waals surface area contributed by atoms with Gasteiger partial charge in [-0.15, -0.1) is 5.10 Å². The first-order valence-electron chi connectivity index (χ1n) is 6.43. The van der Waals surface area contributed by atoms with Gasteiger partial charge in [0, 0.05) is 19.0 Å². The second-order valence-electron chi connectivity index (χ2n) is 5.67. The van der Waals surface area contributed by atoms with Gasteiger partial charge < -0.3 is 9.84 Å². The van der Waals surface area contributed by atoms with E-state index < -0.39 is 6.10 Å². The first-order valence-corrected chi connectivity index (χ1v) is 7.22. The molecule has 6 heteroatoms. The zero-order chi connectivity index (χ0) is 14.5. The third kappa shape index (κ3) is 2.13. The average Bonchev–Trinajstić information content (AvgIpc) is 2.86. The van der Waals surface area contributed by atoms with Gasteiger partial charge >= 0.3 is 0 Å². The van der Waals surface area contributed by atoms with E-state index in [1.165, 1.54) is 0 Å². The van der Waals surface area contributed by atoms with Crippen molar-refractivity contribution in [1.82, 2.24) is 15.0 Å². The van der Waals surface area contributed by atoms with E-state index in [1.54, 1.807) is 11.7 Å². The maximum absolute atomic E-state index is 10.7. The summed E-state index contributed by atoms with van der Waals surface area (Å²) in [5, 5.41) is 18.5. The van der Waals surface area contributed by atoms with Gasteiger partial charge in [0.2, 0.25) is 0 Å². The van der Waals surface area contributed by atoms with Gasteiger partial charge in [0.15, 0.2) is 4.60 Å². The number of hydrogen-bond donors (Lipinski definition) is 1. The summed E-state index contributed by atoms with van der Waals surface area (Å²) in [7, 11) is 1.75. The van der Waals surface area contributed by atoms with Crippen LogP contribution in [0.5, 0.6) is 5.75 Å². The van der Waals surface area contributed by atoms with Crippen molar-refractivity contribution in [2.45, 2.75) is 32.0 Å². The Bertz CT molecular complexity index is 647. The van der Waals surface area contributed by atoms with Gasteiger partial charge in [-0.25, -0.2) is 4.68 Å². The largest absolute Gasteiger partial charge is 0.487 e. The van der Waals surface area contributed by atoms with Crippen LogP contribution >= 0.6 is 15.9 Å². The Hall–Kier alpha value is -1.40. The molecule has 0 radical (unpaired) electrons. The van der Waals surface area contributed by atoms with Crippen molar-refractivity contribution in [1.29, 1.82) is 0 Å². The molecule has 1 aliphatic rings. The second-order valence-corrected chi connectivity index (χ2v) is 6.42. The summed E-state index contributed by atoms with van der Waals surface area (Å²) in [6, 6.07) is 5.86. The highest BCUT2D eigenvalue weighted by Gasteiger charge is 2.34. The number of aryl methyl sites for hydroxylation is 1. The van der Waals surface area contributed by atoms with Crippen LogP contribution in [0.25, 0.3) is 0 Å². The van der Waals surface area contributed by atoms with E-state index >= 15 is 0 Å². The van der Waals surface area contributed by atoms with Crippen molar-refractivity contribution in [2.75, 3.05) is 0 Å². The molecule has 0 bridgehead atoms. The van der Waals surface area contributed by atoms with E-state index in [1.807, 2.05) is 32.0 Å². The Balaban J connectivity index is 2.07. The zero-order valence-corrected chi connectivity index (χ0v) is 13.2. The molecule has 0 spiro atoms. The van der Waals surface area contributed by atoms with E-state index in [0.29, 0.717) is 10.3 Å². The van der Waals surface area contributed by atoms with Crippen molar-refractivity contribution in [2.24, 2.45) is 7.05 Å². The predicted molar refractivity (Wildman–Crippen MR) is 77.6 cm³/mol. The van der Waals surface area contributed by atoms with E-state index in [9.17, 15) is 5.11 Å². The molecule has 106 valence electrons. The molecule has 1 aliphatic heterocycles. The summed E-state index contributed by atoms with van der Waals surface area (Å²) in [6.45, 7) is 4.09. The number of halogens is 1. The lowest BCUT2D eigenvalue weighted by Crippen LogP contribution is -2.25. The molecule has 5 nitrogen and oxygen atoms in total. The fourth-order valence-electron chi connectivity index (χ4n) is 2.63. The minimum Gasteiger partial charge on any atom is -0.487 e. The molecule has 1 N–H and O–H groups in total. The summed E-state index contributed by atoms with van der Waals surface area (Å²) in [5.41, 5.74) is 2.25. The molecule has 0 fully saturated rings. The number of aliphatic hydroxyl groups excluding tert-OH is 1. The van der Waals surface area contributed by atoms with E-state index in [2.05, 4.69) is 26.2 Å². The quantitative estimate of drug-likeness (QED) is 0.913. The standard InChI is InChI=1S/C14H16BrN3O2/c1-14(2)7-8-5-4-6-9(12(8)20-14)11(19)10-13(15)16-17-18(10)3/h4-6,11,19H,7H2,1-3H3. The average molecular weight is 338 g/mol. The maximum atomic E-state index is 10.7. The maximum Gasteiger partial charge on any atom is 0.154 e. The van der Waals surface area contributed by atoms with Gasteiger partial charge in [0.05, 0.1) is 0 Å². The number of hydrogen-bond acceptors (Lipinski definition) is 4. The van der Waals surface area contributed by atoms with Gasteiger partial charge in [-0.2, -0.15) is 0 Å². The zero-order valence-electron chi connectivity index (χ0n) is 11.6. The van der Waals surface area contributed by atoms with Crippen LogP contribution < -0.4 is 4.74 Å². The topological polar surface area (TPSA) is 60.2 Å². The lowest BCUT2D eigenvalue weighted by atomic mass is 9.98. The SMILES string of the molecule is Cn1nnc(Br)c1C(O)c1cccc2c1OC(C)(C)C2. The van der Waals surface area contributed by atoms with E-state index in [4.69, 9.17) is 4.74 Å². The molecular weight excluding hydrogens is 322 g/mol. The minimum absolute atomic E-state index is 0.236. The van der Waals surface area contributed by atoms with Crippen molar-refractivity contribution in [3.8, 4) is 5.75 Å². The predicted octanol–water partition coefficient (Wildman–Crippen LogP) is 2.37. The lowest BCUT2D eigenvalue weighted by Gasteiger charge is -2.20. The summed E-state index contributed by atoms with van der Waals surface area (Å²) in [5.74, 6) is 0.776. The van der Waals surface area contributed by atoms with Crippen LogP contribution in [-0.4, -0.2) is 25.7 Å². The number of aromatic nitrogens is 3. The number of rotatable bonds is 2. The first kappa shape index (κ1) is 13.6. The minimum atomic E-state index is -0.826. The number of nitrogens with zero attached hydrogens (tertiary/aromatic N) is 3. The molecule has 1 aromatic carbocycles. The Morgan fingerprint density at radius 2 is 2.20 bits per heavy atom. The van der Waals surface area contributed by atoms with E-state index in [0.717, 1.165) is 23.3 Å². The van der Waals surface area contributed by atoms with Gasteiger partial charge in [-0.05, 0) is 35.3 Å². The molecule has 0 saturated heterocycles. The van der Waals surface area contributed by atoms with Crippen LogP contribution in [0.1, 0.15) is 36.8 Å². The van der Waals surface area contributed by atoms with Crippen LogP contribution in [0.15, 0.2) is 22.8 Å². The van der Waals surface area contributed by atoms with Crippen LogP contribution in [0, 0.1) is 0 Å². The first-order chi connectivity index (χ1) is 9.39. The smallest absolute Gasteiger partial charge is 0.154 e. The van der Waals surface area contributed by atoms with Gasteiger partial charge in [-0.1, -0.05) is 23.4 Å². The fraction of sp³-hybridized carbons (Fsp3) is 0.429. The van der Waals surface area contributed by atoms with Crippen molar-refractivity contribution < 1.29 is 9.84 Å². The molecule has 2 aromatic rings. The van der Waals surface area contributed by atoms with Crippen LogP contribution in [0.2, 0.25) is 0 Å². The monoisotopic (exact) mass is 337 g/mol. The number of aliphatic hydroxyl groups is 1. The number of fused-ring (bicyclic) bond motifs is 1. The second kappa shape index (κ2) is 4.56. The summed E-state index contributed by atoms with van der Waals surface area (Å²) < 4.78 is 8.11. The fourth-order valence-corrected chi connectivity index (χ4v) is 3.18. The third-order valence-corrected chi connectivity index (χ3v) is 4.07. The van der Waals surface area contributed by atoms with Crippen LogP contribution in [0.3, 0.4) is 0 Å². The molecule has 20 heavy (non-hydrogen) atoms. The van der Waals surface area contributed by atoms with Gasteiger partial charge in [0.1, 0.15) is 23.1 Å². The number of ether oxygens (including phenoxy) is 1. The molecule has 0 aliphatic carbocycles. The van der Waals surface area contributed by atoms with Gasteiger partial charge in [-0.3, -0.25) is 0 Å². The normalized spacial score (nSPS) is 17.6. The molecule has 0 amide bonds. The molecule has 1 unspecified atom stereocenters. The van der Waals surface area contributed by atoms with Crippen LogP contribution in [0.4, 0.5) is 0 Å². The molecular formula is C14H16BrN3O2. The molecule has 1 aromatic heterocycles. The number of para-hydroxylation sites is 1. The Labute approximate surface area is 125 Å². The summed E-state index contributed by atoms with van der Waals surface area (Å²) >= 11 is 3.32. The highest BCUT2D eigenvalue weighted by atomic mass is 79.9. The molecule has 0 saturated carbocycles. The van der Waals surface area contributed by atoms with Crippen molar-refractivity contribution in [3.05, 3.63) is 39.6 Å². The summed E-state index contributed by atoms with van der Waals surface area (Å²) in [6.07, 6.45) is 0.0153. The highest BCUT2D eigenvalue weighted by Crippen LogP contribution is 2.42. The van der Waals surface area contributed by atoms with Gasteiger partial charge in [0.25, 0.3) is 0 Å². The Morgan fingerprint density at radius 3 is 2.85 bits per heavy atom. The third-order valence-electron chi connectivity index (χ3n) is 3.50. The highest BCUT2D eigenvalue weighted by molar-refractivity contribution is 9.10. The number of benzene rings is 1. The Kier molecular flexibility index (Phi) is 3.10. The lowest BCUT2D eigenvalue weighted by molar-refractivity contribution is 0.130. The molecule has 3 rings (SSSR count). The van der Waals surface area contributed by atoms with Crippen LogP contribution in [-0.2, 0) is 13.5 Å². The summed E-state index contributed by atoms with van der Waals surface area (Å²) in [4.78, 5) is 0. The molecule has 1 atom stereocenters. The van der Waals surface area contributed by atoms with Crippen molar-refractivity contribution >= 4 is 15.9 Å². The Morgan fingerprint density at radius 1 is 1.45 bits per heavy atom. The molecule has 2 heterocycles.